The number of aldehydes is 1. The van der Waals surface area contributed by atoms with Crippen molar-refractivity contribution in [3.63, 3.8) is 0 Å². The summed E-state index contributed by atoms with van der Waals surface area (Å²) < 4.78 is 0. The second-order valence-electron chi connectivity index (χ2n) is 5.50. The molecule has 1 heterocycles. The molecule has 1 unspecified atom stereocenters. The van der Waals surface area contributed by atoms with Crippen LogP contribution in [0.5, 0.6) is 0 Å². The second kappa shape index (κ2) is 8.15. The van der Waals surface area contributed by atoms with E-state index in [1.807, 2.05) is 24.3 Å². The lowest BCUT2D eigenvalue weighted by molar-refractivity contribution is -0.123. The summed E-state index contributed by atoms with van der Waals surface area (Å²) in [7, 11) is 0. The number of hydrogen-bond donors (Lipinski definition) is 1. The van der Waals surface area contributed by atoms with Crippen molar-refractivity contribution in [1.82, 2.24) is 10.2 Å². The van der Waals surface area contributed by atoms with Crippen molar-refractivity contribution >= 4 is 23.8 Å². The fourth-order valence-electron chi connectivity index (χ4n) is 2.64. The molecular weight excluding hydrogens is 288 g/mol. The summed E-state index contributed by atoms with van der Waals surface area (Å²) in [5, 5.41) is 3.63. The van der Waals surface area contributed by atoms with Crippen LogP contribution >= 0.6 is 11.6 Å². The maximum Gasteiger partial charge on any atom is 0.234 e. The molecule has 1 saturated heterocycles. The average molecular weight is 309 g/mol. The van der Waals surface area contributed by atoms with Crippen LogP contribution in [0.1, 0.15) is 18.4 Å². The van der Waals surface area contributed by atoms with Crippen LogP contribution in [-0.2, 0) is 16.0 Å². The molecule has 0 aromatic heterocycles. The quantitative estimate of drug-likeness (QED) is 0.817. The number of hydrogen-bond acceptors (Lipinski definition) is 3. The summed E-state index contributed by atoms with van der Waals surface area (Å²) in [6.45, 7) is 2.57. The fourth-order valence-corrected chi connectivity index (χ4v) is 2.86. The van der Waals surface area contributed by atoms with Crippen molar-refractivity contribution in [3.8, 4) is 0 Å². The first-order valence-corrected chi connectivity index (χ1v) is 7.74. The van der Waals surface area contributed by atoms with E-state index < -0.39 is 0 Å². The van der Waals surface area contributed by atoms with Gasteiger partial charge in [0, 0.05) is 24.0 Å². The van der Waals surface area contributed by atoms with Crippen molar-refractivity contribution in [2.45, 2.75) is 19.3 Å². The van der Waals surface area contributed by atoms with E-state index >= 15 is 0 Å². The molecule has 0 saturated carbocycles. The van der Waals surface area contributed by atoms with Gasteiger partial charge in [-0.2, -0.15) is 0 Å². The predicted octanol–water partition coefficient (Wildman–Crippen LogP) is 1.91. The number of benzene rings is 1. The van der Waals surface area contributed by atoms with Crippen LogP contribution in [0.4, 0.5) is 0 Å². The molecule has 1 aliphatic rings. The van der Waals surface area contributed by atoms with E-state index in [4.69, 9.17) is 11.6 Å². The number of amides is 1. The van der Waals surface area contributed by atoms with Crippen molar-refractivity contribution in [3.05, 3.63) is 34.9 Å². The minimum absolute atomic E-state index is 0.0172. The number of likely N-dealkylation sites (tertiary alicyclic amines) is 1. The number of halogens is 1. The molecule has 0 radical (unpaired) electrons. The van der Waals surface area contributed by atoms with Crippen LogP contribution < -0.4 is 5.32 Å². The normalized spacial score (nSPS) is 19.2. The number of nitrogens with one attached hydrogen (secondary N) is 1. The van der Waals surface area contributed by atoms with Gasteiger partial charge in [-0.15, -0.1) is 0 Å². The predicted molar refractivity (Wildman–Crippen MR) is 83.4 cm³/mol. The molecule has 114 valence electrons. The molecule has 4 nitrogen and oxygen atoms in total. The maximum absolute atomic E-state index is 11.9. The average Bonchev–Trinajstić information content (AvgIpc) is 2.47. The van der Waals surface area contributed by atoms with Gasteiger partial charge in [-0.1, -0.05) is 23.7 Å². The van der Waals surface area contributed by atoms with E-state index in [0.717, 1.165) is 37.7 Å². The molecule has 1 aliphatic heterocycles. The van der Waals surface area contributed by atoms with Crippen molar-refractivity contribution in [2.24, 2.45) is 5.92 Å². The first kappa shape index (κ1) is 16.0. The topological polar surface area (TPSA) is 49.4 Å². The SMILES string of the molecule is O=CC1CCCN(CC(=O)NCCc2cccc(Cl)c2)C1. The van der Waals surface area contributed by atoms with Crippen molar-refractivity contribution < 1.29 is 9.59 Å². The van der Waals surface area contributed by atoms with Crippen molar-refractivity contribution in [1.29, 1.82) is 0 Å². The molecule has 1 N–H and O–H groups in total. The van der Waals surface area contributed by atoms with E-state index in [2.05, 4.69) is 10.2 Å². The van der Waals surface area contributed by atoms with Gasteiger partial charge in [0.2, 0.25) is 5.91 Å². The molecule has 2 rings (SSSR count). The molecule has 1 fully saturated rings. The van der Waals surface area contributed by atoms with Crippen LogP contribution in [0, 0.1) is 5.92 Å². The van der Waals surface area contributed by atoms with E-state index in [1.54, 1.807) is 0 Å². The van der Waals surface area contributed by atoms with Crippen LogP contribution in [0.15, 0.2) is 24.3 Å². The smallest absolute Gasteiger partial charge is 0.234 e. The lowest BCUT2D eigenvalue weighted by atomic mass is 10.00. The first-order valence-electron chi connectivity index (χ1n) is 7.36. The highest BCUT2D eigenvalue weighted by Gasteiger charge is 2.20. The number of rotatable bonds is 6. The largest absolute Gasteiger partial charge is 0.355 e. The Balaban J connectivity index is 1.69. The summed E-state index contributed by atoms with van der Waals surface area (Å²) in [4.78, 5) is 24.8. The van der Waals surface area contributed by atoms with Gasteiger partial charge in [-0.05, 0) is 43.5 Å². The van der Waals surface area contributed by atoms with E-state index in [-0.39, 0.29) is 11.8 Å². The van der Waals surface area contributed by atoms with Crippen LogP contribution in [0.3, 0.4) is 0 Å². The molecule has 1 aromatic carbocycles. The maximum atomic E-state index is 11.9. The number of carbonyl (C=O) groups excluding carboxylic acids is 2. The van der Waals surface area contributed by atoms with Gasteiger partial charge in [-0.3, -0.25) is 9.69 Å². The Bertz CT molecular complexity index is 493. The molecule has 21 heavy (non-hydrogen) atoms. The minimum Gasteiger partial charge on any atom is -0.355 e. The third-order valence-corrected chi connectivity index (χ3v) is 3.96. The molecule has 1 atom stereocenters. The highest BCUT2D eigenvalue weighted by molar-refractivity contribution is 6.30. The molecule has 0 aliphatic carbocycles. The third-order valence-electron chi connectivity index (χ3n) is 3.73. The van der Waals surface area contributed by atoms with Gasteiger partial charge in [0.15, 0.2) is 0 Å². The fraction of sp³-hybridized carbons (Fsp3) is 0.500. The summed E-state index contributed by atoms with van der Waals surface area (Å²) in [5.74, 6) is 0.0987. The Morgan fingerprint density at radius 2 is 2.33 bits per heavy atom. The highest BCUT2D eigenvalue weighted by Crippen LogP contribution is 2.13. The summed E-state index contributed by atoms with van der Waals surface area (Å²) in [5.41, 5.74) is 1.11. The molecule has 1 aromatic rings. The Labute approximate surface area is 130 Å². The number of piperidine rings is 1. The lowest BCUT2D eigenvalue weighted by Gasteiger charge is -2.29. The Hall–Kier alpha value is -1.39. The summed E-state index contributed by atoms with van der Waals surface area (Å²) >= 11 is 5.92. The van der Waals surface area contributed by atoms with Crippen LogP contribution in [-0.4, -0.2) is 43.3 Å². The number of carbonyl (C=O) groups is 2. The zero-order valence-electron chi connectivity index (χ0n) is 12.1. The van der Waals surface area contributed by atoms with Gasteiger partial charge in [-0.25, -0.2) is 0 Å². The molecule has 0 bridgehead atoms. The molecule has 0 spiro atoms. The molecule has 5 heteroatoms. The Kier molecular flexibility index (Phi) is 6.21. The van der Waals surface area contributed by atoms with Gasteiger partial charge in [0.05, 0.1) is 6.54 Å². The van der Waals surface area contributed by atoms with Gasteiger partial charge < -0.3 is 10.1 Å². The lowest BCUT2D eigenvalue weighted by Crippen LogP contribution is -2.43. The molecular formula is C16H21ClN2O2. The van der Waals surface area contributed by atoms with Gasteiger partial charge in [0.1, 0.15) is 6.29 Å². The Morgan fingerprint density at radius 1 is 1.48 bits per heavy atom. The first-order chi connectivity index (χ1) is 10.2. The van der Waals surface area contributed by atoms with Crippen molar-refractivity contribution in [2.75, 3.05) is 26.2 Å². The minimum atomic E-state index is 0.0172. The van der Waals surface area contributed by atoms with Crippen LogP contribution in [0.2, 0.25) is 5.02 Å². The summed E-state index contributed by atoms with van der Waals surface area (Å²) in [6.07, 6.45) is 3.70. The third kappa shape index (κ3) is 5.48. The number of nitrogens with zero attached hydrogens (tertiary/aromatic N) is 1. The van der Waals surface area contributed by atoms with Gasteiger partial charge >= 0.3 is 0 Å². The molecule has 1 amide bonds. The van der Waals surface area contributed by atoms with E-state index in [9.17, 15) is 9.59 Å². The second-order valence-corrected chi connectivity index (χ2v) is 5.94. The highest BCUT2D eigenvalue weighted by atomic mass is 35.5. The Morgan fingerprint density at radius 3 is 3.10 bits per heavy atom. The van der Waals surface area contributed by atoms with E-state index in [1.165, 1.54) is 0 Å². The standard InChI is InChI=1S/C16H21ClN2O2/c17-15-5-1-3-13(9-15)6-7-18-16(21)11-19-8-2-4-14(10-19)12-20/h1,3,5,9,12,14H,2,4,6-8,10-11H2,(H,18,21). The zero-order valence-corrected chi connectivity index (χ0v) is 12.8. The van der Waals surface area contributed by atoms with E-state index in [0.29, 0.717) is 24.7 Å². The van der Waals surface area contributed by atoms with Crippen LogP contribution in [0.25, 0.3) is 0 Å². The zero-order chi connectivity index (χ0) is 15.1. The summed E-state index contributed by atoms with van der Waals surface area (Å²) in [6, 6.07) is 7.65. The van der Waals surface area contributed by atoms with Gasteiger partial charge in [0.25, 0.3) is 0 Å². The monoisotopic (exact) mass is 308 g/mol.